The maximum absolute atomic E-state index is 13.5. The van der Waals surface area contributed by atoms with Gasteiger partial charge in [0.25, 0.3) is 5.56 Å². The molecular weight excluding hydrogens is 437 g/mol. The van der Waals surface area contributed by atoms with E-state index in [2.05, 4.69) is 15.2 Å². The Hall–Kier alpha value is -3.78. The van der Waals surface area contributed by atoms with Crippen molar-refractivity contribution < 1.29 is 4.39 Å². The summed E-state index contributed by atoms with van der Waals surface area (Å²) in [7, 11) is 0. The molecule has 5 aromatic rings. The first-order valence-electron chi connectivity index (χ1n) is 10.4. The van der Waals surface area contributed by atoms with E-state index in [0.29, 0.717) is 34.6 Å². The zero-order chi connectivity index (χ0) is 22.8. The van der Waals surface area contributed by atoms with Crippen LogP contribution in [0.2, 0.25) is 0 Å². The molecule has 0 unspecified atom stereocenters. The molecule has 0 aliphatic carbocycles. The molecule has 0 radical (unpaired) electrons. The summed E-state index contributed by atoms with van der Waals surface area (Å²) in [6, 6.07) is 23.4. The van der Waals surface area contributed by atoms with Crippen molar-refractivity contribution in [1.82, 2.24) is 24.1 Å². The molecular formula is C25H20FN5OS. The quantitative estimate of drug-likeness (QED) is 0.345. The maximum Gasteiger partial charge on any atom is 0.258 e. The van der Waals surface area contributed by atoms with E-state index < -0.39 is 0 Å². The summed E-state index contributed by atoms with van der Waals surface area (Å²) in [6.45, 7) is 2.45. The minimum absolute atomic E-state index is 0.105. The van der Waals surface area contributed by atoms with Crippen molar-refractivity contribution in [2.45, 2.75) is 24.4 Å². The molecule has 0 bridgehead atoms. The Bertz CT molecular complexity index is 1480. The second-order valence-corrected chi connectivity index (χ2v) is 8.56. The van der Waals surface area contributed by atoms with Crippen LogP contribution in [0.25, 0.3) is 17.0 Å². The van der Waals surface area contributed by atoms with E-state index in [1.807, 2.05) is 60.0 Å². The van der Waals surface area contributed by atoms with Crippen molar-refractivity contribution in [2.24, 2.45) is 0 Å². The first-order chi connectivity index (χ1) is 16.1. The Labute approximate surface area is 193 Å². The molecule has 0 saturated heterocycles. The van der Waals surface area contributed by atoms with Crippen LogP contribution < -0.4 is 5.56 Å². The number of halogens is 1. The fourth-order valence-corrected chi connectivity index (χ4v) is 4.52. The van der Waals surface area contributed by atoms with Gasteiger partial charge < -0.3 is 0 Å². The van der Waals surface area contributed by atoms with Crippen molar-refractivity contribution in [3.05, 3.63) is 112 Å². The van der Waals surface area contributed by atoms with Crippen molar-refractivity contribution >= 4 is 17.4 Å². The molecule has 5 rings (SSSR count). The van der Waals surface area contributed by atoms with Gasteiger partial charge in [-0.05, 0) is 48.9 Å². The number of pyridine rings is 1. The number of aryl methyl sites for hydroxylation is 1. The van der Waals surface area contributed by atoms with Crippen molar-refractivity contribution in [1.29, 1.82) is 0 Å². The number of hydrogen-bond acceptors (Lipinski definition) is 5. The highest BCUT2D eigenvalue weighted by Gasteiger charge is 2.16. The Morgan fingerprint density at radius 2 is 1.73 bits per heavy atom. The molecule has 164 valence electrons. The molecule has 0 saturated carbocycles. The lowest BCUT2D eigenvalue weighted by Crippen LogP contribution is -2.17. The molecule has 2 aromatic carbocycles. The van der Waals surface area contributed by atoms with Crippen LogP contribution in [0.1, 0.15) is 17.0 Å². The standard InChI is InChI=1S/C25H20FN5OS/c1-17-6-5-9-22-27-21(14-23(32)31(17)22)16-33-25-29-28-24(19-10-12-20(26)13-11-19)30(25)15-18-7-3-2-4-8-18/h2-14H,15-16H2,1H3. The summed E-state index contributed by atoms with van der Waals surface area (Å²) < 4.78 is 17.1. The van der Waals surface area contributed by atoms with Crippen LogP contribution in [0, 0.1) is 12.7 Å². The summed E-state index contributed by atoms with van der Waals surface area (Å²) in [6.07, 6.45) is 0. The molecule has 3 heterocycles. The molecule has 3 aromatic heterocycles. The van der Waals surface area contributed by atoms with E-state index >= 15 is 0 Å². The lowest BCUT2D eigenvalue weighted by Gasteiger charge is -2.11. The second kappa shape index (κ2) is 8.99. The lowest BCUT2D eigenvalue weighted by molar-refractivity contribution is 0.628. The SMILES string of the molecule is Cc1cccc2nc(CSc3nnc(-c4ccc(F)cc4)n3Cc3ccccc3)cc(=O)n12. The summed E-state index contributed by atoms with van der Waals surface area (Å²) in [5.74, 6) is 0.825. The van der Waals surface area contributed by atoms with E-state index in [1.54, 1.807) is 22.6 Å². The number of nitrogens with zero attached hydrogens (tertiary/aromatic N) is 5. The average molecular weight is 458 g/mol. The summed E-state index contributed by atoms with van der Waals surface area (Å²) in [4.78, 5) is 17.2. The maximum atomic E-state index is 13.5. The van der Waals surface area contributed by atoms with Gasteiger partial charge in [0.15, 0.2) is 11.0 Å². The van der Waals surface area contributed by atoms with Crippen molar-refractivity contribution in [3.8, 4) is 11.4 Å². The van der Waals surface area contributed by atoms with Crippen LogP contribution in [0.4, 0.5) is 4.39 Å². The van der Waals surface area contributed by atoms with Gasteiger partial charge in [0.2, 0.25) is 0 Å². The third-order valence-corrected chi connectivity index (χ3v) is 6.29. The highest BCUT2D eigenvalue weighted by molar-refractivity contribution is 7.98. The van der Waals surface area contributed by atoms with Gasteiger partial charge in [-0.1, -0.05) is 48.2 Å². The number of aromatic nitrogens is 5. The first kappa shape index (κ1) is 21.1. The molecule has 0 aliphatic rings. The highest BCUT2D eigenvalue weighted by Crippen LogP contribution is 2.27. The zero-order valence-corrected chi connectivity index (χ0v) is 18.7. The van der Waals surface area contributed by atoms with Gasteiger partial charge in [0.1, 0.15) is 11.5 Å². The Morgan fingerprint density at radius 3 is 2.52 bits per heavy atom. The predicted octanol–water partition coefficient (Wildman–Crippen LogP) is 4.74. The van der Waals surface area contributed by atoms with Crippen LogP contribution in [-0.4, -0.2) is 24.1 Å². The molecule has 0 amide bonds. The number of fused-ring (bicyclic) bond motifs is 1. The monoisotopic (exact) mass is 457 g/mol. The third kappa shape index (κ3) is 4.42. The van der Waals surface area contributed by atoms with Crippen LogP contribution in [0.3, 0.4) is 0 Å². The van der Waals surface area contributed by atoms with Gasteiger partial charge in [-0.3, -0.25) is 13.8 Å². The van der Waals surface area contributed by atoms with E-state index in [0.717, 1.165) is 16.8 Å². The van der Waals surface area contributed by atoms with Gasteiger partial charge in [0, 0.05) is 23.1 Å². The van der Waals surface area contributed by atoms with E-state index in [9.17, 15) is 9.18 Å². The fraction of sp³-hybridized carbons (Fsp3) is 0.120. The van der Waals surface area contributed by atoms with Gasteiger partial charge in [-0.15, -0.1) is 10.2 Å². The molecule has 0 atom stereocenters. The van der Waals surface area contributed by atoms with Gasteiger partial charge in [0.05, 0.1) is 12.2 Å². The van der Waals surface area contributed by atoms with Gasteiger partial charge in [-0.2, -0.15) is 0 Å². The van der Waals surface area contributed by atoms with E-state index in [-0.39, 0.29) is 11.4 Å². The fourth-order valence-electron chi connectivity index (χ4n) is 3.69. The highest BCUT2D eigenvalue weighted by atomic mass is 32.2. The first-order valence-corrected chi connectivity index (χ1v) is 11.4. The van der Waals surface area contributed by atoms with Gasteiger partial charge in [-0.25, -0.2) is 9.37 Å². The number of rotatable bonds is 6. The number of benzene rings is 2. The summed E-state index contributed by atoms with van der Waals surface area (Å²) in [5, 5.41) is 9.48. The third-order valence-electron chi connectivity index (χ3n) is 5.29. The summed E-state index contributed by atoms with van der Waals surface area (Å²) in [5.41, 5.74) is 3.91. The molecule has 33 heavy (non-hydrogen) atoms. The Morgan fingerprint density at radius 1 is 0.939 bits per heavy atom. The Balaban J connectivity index is 1.48. The number of thioether (sulfide) groups is 1. The molecule has 8 heteroatoms. The molecule has 0 N–H and O–H groups in total. The minimum Gasteiger partial charge on any atom is -0.298 e. The smallest absolute Gasteiger partial charge is 0.258 e. The summed E-state index contributed by atoms with van der Waals surface area (Å²) >= 11 is 1.46. The topological polar surface area (TPSA) is 65.1 Å². The zero-order valence-electron chi connectivity index (χ0n) is 17.9. The predicted molar refractivity (Wildman–Crippen MR) is 127 cm³/mol. The largest absolute Gasteiger partial charge is 0.298 e. The average Bonchev–Trinajstić information content (AvgIpc) is 3.21. The molecule has 0 spiro atoms. The Kier molecular flexibility index (Phi) is 5.75. The van der Waals surface area contributed by atoms with Crippen LogP contribution in [0.5, 0.6) is 0 Å². The van der Waals surface area contributed by atoms with Crippen LogP contribution in [-0.2, 0) is 12.3 Å². The number of hydrogen-bond donors (Lipinski definition) is 0. The second-order valence-electron chi connectivity index (χ2n) is 7.62. The van der Waals surface area contributed by atoms with Gasteiger partial charge >= 0.3 is 0 Å². The lowest BCUT2D eigenvalue weighted by atomic mass is 10.2. The van der Waals surface area contributed by atoms with Crippen molar-refractivity contribution in [3.63, 3.8) is 0 Å². The van der Waals surface area contributed by atoms with E-state index in [4.69, 9.17) is 0 Å². The van der Waals surface area contributed by atoms with Crippen molar-refractivity contribution in [2.75, 3.05) is 0 Å². The molecule has 6 nitrogen and oxygen atoms in total. The normalized spacial score (nSPS) is 11.2. The van der Waals surface area contributed by atoms with Crippen LogP contribution in [0.15, 0.2) is 88.8 Å². The van der Waals surface area contributed by atoms with E-state index in [1.165, 1.54) is 23.9 Å². The molecule has 0 aliphatic heterocycles. The molecule has 0 fully saturated rings. The minimum atomic E-state index is -0.300. The van der Waals surface area contributed by atoms with Crippen LogP contribution >= 0.6 is 11.8 Å².